The van der Waals surface area contributed by atoms with Gasteiger partial charge in [-0.1, -0.05) is 31.7 Å². The van der Waals surface area contributed by atoms with Crippen molar-refractivity contribution in [3.8, 4) is 5.75 Å². The average Bonchev–Trinajstić information content (AvgIpc) is 3.29. The molecular formula is C30H39ClN6O2. The van der Waals surface area contributed by atoms with E-state index in [2.05, 4.69) is 28.6 Å². The van der Waals surface area contributed by atoms with Crippen LogP contribution in [0.15, 0.2) is 66.7 Å². The topological polar surface area (TPSA) is 98.1 Å². The number of pyridine rings is 2. The van der Waals surface area contributed by atoms with Crippen molar-refractivity contribution in [3.05, 3.63) is 78.0 Å². The van der Waals surface area contributed by atoms with Crippen LogP contribution in [0.2, 0.25) is 5.02 Å². The highest BCUT2D eigenvalue weighted by molar-refractivity contribution is 6.34. The van der Waals surface area contributed by atoms with Crippen molar-refractivity contribution in [2.75, 3.05) is 20.1 Å². The first-order chi connectivity index (χ1) is 18.4. The molecule has 2 N–H and O–H groups in total. The van der Waals surface area contributed by atoms with Crippen molar-refractivity contribution in [2.24, 2.45) is 16.1 Å². The summed E-state index contributed by atoms with van der Waals surface area (Å²) < 4.78 is 7.87. The number of halogens is 1. The van der Waals surface area contributed by atoms with Gasteiger partial charge in [-0.25, -0.2) is 4.52 Å². The van der Waals surface area contributed by atoms with Crippen LogP contribution in [0.3, 0.4) is 0 Å². The molecule has 1 aliphatic heterocycles. The number of nitrogens with two attached hydrogens (primary N) is 1. The fourth-order valence-corrected chi connectivity index (χ4v) is 5.47. The maximum Gasteiger partial charge on any atom is 0.147 e. The first-order valence-corrected chi connectivity index (χ1v) is 13.2. The Labute approximate surface area is 236 Å². The molecule has 2 fully saturated rings. The SMILES string of the molecule is C.C=CC=O.CC(=NC1CC2(CCN(C)CC2)C1)/C(=C\N)c1cc(OCc2ccccn2)c2c(Cl)cnn2c1. The van der Waals surface area contributed by atoms with E-state index in [4.69, 9.17) is 31.9 Å². The van der Waals surface area contributed by atoms with Crippen molar-refractivity contribution in [2.45, 2.75) is 52.7 Å². The van der Waals surface area contributed by atoms with E-state index in [9.17, 15) is 0 Å². The molecule has 2 aliphatic rings. The summed E-state index contributed by atoms with van der Waals surface area (Å²) in [6.45, 7) is 7.86. The molecule has 0 bridgehead atoms. The molecule has 39 heavy (non-hydrogen) atoms. The number of fused-ring (bicyclic) bond motifs is 1. The lowest BCUT2D eigenvalue weighted by Crippen LogP contribution is -2.47. The summed E-state index contributed by atoms with van der Waals surface area (Å²) in [5.41, 5.74) is 10.8. The number of nitrogens with zero attached hydrogens (tertiary/aromatic N) is 5. The number of piperidine rings is 1. The van der Waals surface area contributed by atoms with Gasteiger partial charge in [-0.3, -0.25) is 14.8 Å². The third kappa shape index (κ3) is 7.13. The molecule has 1 saturated heterocycles. The third-order valence-electron chi connectivity index (χ3n) is 7.36. The summed E-state index contributed by atoms with van der Waals surface area (Å²) in [4.78, 5) is 20.9. The number of aldehydes is 1. The summed E-state index contributed by atoms with van der Waals surface area (Å²) in [6, 6.07) is 8.07. The smallest absolute Gasteiger partial charge is 0.147 e. The van der Waals surface area contributed by atoms with E-state index in [1.165, 1.54) is 44.8 Å². The number of likely N-dealkylation sites (tertiary alicyclic amines) is 1. The molecule has 3 aromatic heterocycles. The average molecular weight is 551 g/mol. The summed E-state index contributed by atoms with van der Waals surface area (Å²) in [7, 11) is 2.21. The monoisotopic (exact) mass is 550 g/mol. The van der Waals surface area contributed by atoms with Gasteiger partial charge < -0.3 is 15.4 Å². The lowest BCUT2D eigenvalue weighted by molar-refractivity contribution is -0.104. The Balaban J connectivity index is 0.000000788. The van der Waals surface area contributed by atoms with Crippen LogP contribution in [0, 0.1) is 5.41 Å². The molecule has 1 saturated carbocycles. The van der Waals surface area contributed by atoms with E-state index >= 15 is 0 Å². The van der Waals surface area contributed by atoms with Crippen LogP contribution in [0.1, 0.15) is 51.3 Å². The predicted molar refractivity (Wildman–Crippen MR) is 159 cm³/mol. The number of carbonyl (C=O) groups excluding carboxylic acids is 1. The molecule has 0 aromatic carbocycles. The van der Waals surface area contributed by atoms with Gasteiger partial charge in [0, 0.05) is 35.4 Å². The van der Waals surface area contributed by atoms with Crippen LogP contribution in [-0.2, 0) is 11.4 Å². The third-order valence-corrected chi connectivity index (χ3v) is 7.64. The Morgan fingerprint density at radius 1 is 1.33 bits per heavy atom. The van der Waals surface area contributed by atoms with Gasteiger partial charge in [0.1, 0.15) is 24.2 Å². The molecule has 0 atom stereocenters. The minimum absolute atomic E-state index is 0. The number of hydrogen-bond acceptors (Lipinski definition) is 7. The summed E-state index contributed by atoms with van der Waals surface area (Å²) in [5.74, 6) is 0.631. The van der Waals surface area contributed by atoms with Gasteiger partial charge in [-0.2, -0.15) is 5.10 Å². The van der Waals surface area contributed by atoms with Gasteiger partial charge in [0.15, 0.2) is 0 Å². The van der Waals surface area contributed by atoms with Crippen LogP contribution < -0.4 is 10.5 Å². The first-order valence-electron chi connectivity index (χ1n) is 12.8. The van der Waals surface area contributed by atoms with Crippen LogP contribution in [0.4, 0.5) is 0 Å². The number of hydrogen-bond donors (Lipinski definition) is 1. The fraction of sp³-hybridized carbons (Fsp3) is 0.400. The van der Waals surface area contributed by atoms with Crippen LogP contribution >= 0.6 is 11.6 Å². The van der Waals surface area contributed by atoms with Crippen molar-refractivity contribution >= 4 is 34.7 Å². The molecule has 1 aliphatic carbocycles. The lowest BCUT2D eigenvalue weighted by atomic mass is 9.60. The highest BCUT2D eigenvalue weighted by Gasteiger charge is 2.45. The number of ether oxygens (including phenoxy) is 1. The molecule has 5 rings (SSSR count). The van der Waals surface area contributed by atoms with Crippen LogP contribution in [0.25, 0.3) is 11.1 Å². The maximum absolute atomic E-state index is 9.06. The van der Waals surface area contributed by atoms with Gasteiger partial charge in [-0.15, -0.1) is 0 Å². The number of carbonyl (C=O) groups is 1. The van der Waals surface area contributed by atoms with Gasteiger partial charge in [0.05, 0.1) is 23.0 Å². The zero-order chi connectivity index (χ0) is 27.1. The second-order valence-electron chi connectivity index (χ2n) is 10.0. The zero-order valence-electron chi connectivity index (χ0n) is 22.0. The lowest BCUT2D eigenvalue weighted by Gasteiger charge is -2.50. The fourth-order valence-electron chi connectivity index (χ4n) is 5.24. The van der Waals surface area contributed by atoms with Crippen molar-refractivity contribution in [1.29, 1.82) is 0 Å². The standard InChI is InChI=1S/C26H31ClN6O.C3H4O.CH4/c1-18(31-21-12-26(13-21)6-9-32(2)10-7-26)22(14-28)19-11-24(25-23(27)15-30-33(25)16-19)34-17-20-5-3-4-8-29-20;1-2-3-4;/h3-5,8,11,14-16,21H,6-7,9-10,12-13,17,28H2,1-2H3;2-3H,1H2;1H4/b22-14+,31-18?;;. The first kappa shape index (κ1) is 30.1. The Morgan fingerprint density at radius 2 is 2.05 bits per heavy atom. The molecule has 0 radical (unpaired) electrons. The molecule has 0 amide bonds. The van der Waals surface area contributed by atoms with Crippen molar-refractivity contribution in [1.82, 2.24) is 19.5 Å². The van der Waals surface area contributed by atoms with Gasteiger partial charge in [0.2, 0.25) is 0 Å². The number of aliphatic imine (C=N–C) groups is 1. The molecule has 4 heterocycles. The predicted octanol–water partition coefficient (Wildman–Crippen LogP) is 5.60. The molecule has 8 nitrogen and oxygen atoms in total. The van der Waals surface area contributed by atoms with E-state index in [0.29, 0.717) is 35.1 Å². The molecule has 9 heteroatoms. The molecule has 3 aromatic rings. The minimum atomic E-state index is 0. The van der Waals surface area contributed by atoms with Crippen molar-refractivity contribution in [3.63, 3.8) is 0 Å². The molecule has 208 valence electrons. The van der Waals surface area contributed by atoms with Gasteiger partial charge >= 0.3 is 0 Å². The van der Waals surface area contributed by atoms with Crippen molar-refractivity contribution < 1.29 is 9.53 Å². The summed E-state index contributed by atoms with van der Waals surface area (Å²) >= 11 is 6.42. The zero-order valence-corrected chi connectivity index (χ0v) is 22.8. The largest absolute Gasteiger partial charge is 0.485 e. The Morgan fingerprint density at radius 3 is 2.67 bits per heavy atom. The minimum Gasteiger partial charge on any atom is -0.485 e. The second kappa shape index (κ2) is 13.5. The Hall–Kier alpha value is -3.49. The van der Waals surface area contributed by atoms with E-state index in [1.54, 1.807) is 23.1 Å². The summed E-state index contributed by atoms with van der Waals surface area (Å²) in [6.07, 6.45) is 13.6. The summed E-state index contributed by atoms with van der Waals surface area (Å²) in [5, 5.41) is 4.93. The molecular weight excluding hydrogens is 512 g/mol. The van der Waals surface area contributed by atoms with E-state index in [-0.39, 0.29) is 7.43 Å². The van der Waals surface area contributed by atoms with E-state index in [1.807, 2.05) is 37.4 Å². The highest BCUT2D eigenvalue weighted by Crippen LogP contribution is 2.50. The second-order valence-corrected chi connectivity index (χ2v) is 10.4. The Bertz CT molecular complexity index is 1310. The number of allylic oxidation sites excluding steroid dienone is 2. The van der Waals surface area contributed by atoms with Gasteiger partial charge in [-0.05, 0) is 82.4 Å². The molecule has 1 spiro atoms. The highest BCUT2D eigenvalue weighted by atomic mass is 35.5. The maximum atomic E-state index is 9.06. The van der Waals surface area contributed by atoms with Gasteiger partial charge in [0.25, 0.3) is 0 Å². The number of rotatable bonds is 7. The quantitative estimate of drug-likeness (QED) is 0.233. The van der Waals surface area contributed by atoms with E-state index in [0.717, 1.165) is 28.1 Å². The van der Waals surface area contributed by atoms with Crippen LogP contribution in [0.5, 0.6) is 5.75 Å². The van der Waals surface area contributed by atoms with Crippen LogP contribution in [-0.4, -0.2) is 57.7 Å². The Kier molecular flexibility index (Phi) is 10.4. The van der Waals surface area contributed by atoms with E-state index < -0.39 is 0 Å². The normalized spacial score (nSPS) is 17.5. The molecule has 0 unspecified atom stereocenters. The number of aromatic nitrogens is 3.